The Hall–Kier alpha value is 0.0500. The summed E-state index contributed by atoms with van der Waals surface area (Å²) in [6, 6.07) is 5.55. The van der Waals surface area contributed by atoms with Crippen LogP contribution in [0, 0.1) is 5.92 Å². The molecule has 1 fully saturated rings. The molecular formula is C13H16Cl3N. The highest BCUT2D eigenvalue weighted by Gasteiger charge is 2.24. The molecule has 4 heteroatoms. The summed E-state index contributed by atoms with van der Waals surface area (Å²) in [5.74, 6) is 0.592. The minimum Gasteiger partial charge on any atom is -0.312 e. The molecule has 17 heavy (non-hydrogen) atoms. The van der Waals surface area contributed by atoms with Gasteiger partial charge in [-0.1, -0.05) is 29.6 Å². The summed E-state index contributed by atoms with van der Waals surface area (Å²) in [7, 11) is 0. The SMILES string of the molecule is Clc1ccc(Cl)c(CNCC2CCCC2Cl)c1. The Morgan fingerprint density at radius 2 is 2.06 bits per heavy atom. The Labute approximate surface area is 117 Å². The second-order valence-corrected chi connectivity index (χ2v) is 5.98. The van der Waals surface area contributed by atoms with Crippen molar-refractivity contribution in [3.63, 3.8) is 0 Å². The van der Waals surface area contributed by atoms with Crippen LogP contribution in [-0.2, 0) is 6.54 Å². The number of nitrogens with one attached hydrogen (secondary N) is 1. The van der Waals surface area contributed by atoms with Crippen LogP contribution in [0.2, 0.25) is 10.0 Å². The molecule has 1 aromatic rings. The number of hydrogen-bond donors (Lipinski definition) is 1. The molecule has 1 saturated carbocycles. The standard InChI is InChI=1S/C13H16Cl3N/c14-11-4-5-13(16)10(6-11)8-17-7-9-2-1-3-12(9)15/h4-6,9,12,17H,1-3,7-8H2. The van der Waals surface area contributed by atoms with Gasteiger partial charge in [0.1, 0.15) is 0 Å². The summed E-state index contributed by atoms with van der Waals surface area (Å²) in [4.78, 5) is 0. The molecule has 0 amide bonds. The second-order valence-electron chi connectivity index (χ2n) is 4.57. The highest BCUT2D eigenvalue weighted by Crippen LogP contribution is 2.29. The molecule has 0 aliphatic heterocycles. The van der Waals surface area contributed by atoms with Crippen molar-refractivity contribution in [1.82, 2.24) is 5.32 Å². The zero-order valence-corrected chi connectivity index (χ0v) is 11.8. The van der Waals surface area contributed by atoms with Crippen molar-refractivity contribution in [2.24, 2.45) is 5.92 Å². The van der Waals surface area contributed by atoms with E-state index < -0.39 is 0 Å². The first-order valence-electron chi connectivity index (χ1n) is 5.95. The first-order valence-corrected chi connectivity index (χ1v) is 7.15. The van der Waals surface area contributed by atoms with Gasteiger partial charge in [-0.25, -0.2) is 0 Å². The molecule has 0 aromatic heterocycles. The first-order chi connectivity index (χ1) is 8.16. The van der Waals surface area contributed by atoms with Gasteiger partial charge in [0.15, 0.2) is 0 Å². The Bertz CT molecular complexity index is 381. The molecule has 0 saturated heterocycles. The molecule has 0 heterocycles. The van der Waals surface area contributed by atoms with Crippen LogP contribution < -0.4 is 5.32 Å². The zero-order valence-electron chi connectivity index (χ0n) is 9.56. The van der Waals surface area contributed by atoms with Crippen molar-refractivity contribution >= 4 is 34.8 Å². The number of rotatable bonds is 4. The minimum atomic E-state index is 0.331. The number of alkyl halides is 1. The molecule has 1 aliphatic rings. The molecule has 0 spiro atoms. The van der Waals surface area contributed by atoms with E-state index in [1.807, 2.05) is 12.1 Å². The van der Waals surface area contributed by atoms with E-state index in [4.69, 9.17) is 34.8 Å². The average molecular weight is 293 g/mol. The summed E-state index contributed by atoms with van der Waals surface area (Å²) in [6.07, 6.45) is 3.62. The van der Waals surface area contributed by atoms with Crippen LogP contribution in [0.1, 0.15) is 24.8 Å². The van der Waals surface area contributed by atoms with E-state index in [2.05, 4.69) is 5.32 Å². The average Bonchev–Trinajstić information content (AvgIpc) is 2.70. The van der Waals surface area contributed by atoms with Gasteiger partial charge in [-0.05, 0) is 49.1 Å². The summed E-state index contributed by atoms with van der Waals surface area (Å²) in [6.45, 7) is 1.70. The number of benzene rings is 1. The molecule has 1 nitrogen and oxygen atoms in total. The molecule has 1 N–H and O–H groups in total. The van der Waals surface area contributed by atoms with Gasteiger partial charge in [0.05, 0.1) is 0 Å². The van der Waals surface area contributed by atoms with E-state index in [1.165, 1.54) is 12.8 Å². The third kappa shape index (κ3) is 3.75. The Morgan fingerprint density at radius 3 is 2.76 bits per heavy atom. The lowest BCUT2D eigenvalue weighted by molar-refractivity contribution is 0.494. The molecular weight excluding hydrogens is 277 g/mol. The van der Waals surface area contributed by atoms with Gasteiger partial charge >= 0.3 is 0 Å². The van der Waals surface area contributed by atoms with Crippen LogP contribution in [0.3, 0.4) is 0 Å². The summed E-state index contributed by atoms with van der Waals surface area (Å²) in [5.41, 5.74) is 1.04. The van der Waals surface area contributed by atoms with Crippen molar-refractivity contribution < 1.29 is 0 Å². The smallest absolute Gasteiger partial charge is 0.0451 e. The lowest BCUT2D eigenvalue weighted by Crippen LogP contribution is -2.25. The lowest BCUT2D eigenvalue weighted by Gasteiger charge is -2.15. The van der Waals surface area contributed by atoms with Crippen LogP contribution in [0.15, 0.2) is 18.2 Å². The maximum absolute atomic E-state index is 6.23. The fraction of sp³-hybridized carbons (Fsp3) is 0.538. The molecule has 1 aromatic carbocycles. The van der Waals surface area contributed by atoms with Crippen LogP contribution >= 0.6 is 34.8 Å². The molecule has 2 unspecified atom stereocenters. The predicted octanol–water partition coefficient (Wildman–Crippen LogP) is 4.49. The summed E-state index contributed by atoms with van der Waals surface area (Å²) >= 11 is 18.3. The zero-order chi connectivity index (χ0) is 12.3. The number of hydrogen-bond acceptors (Lipinski definition) is 1. The van der Waals surface area contributed by atoms with Gasteiger partial charge in [-0.15, -0.1) is 11.6 Å². The highest BCUT2D eigenvalue weighted by atomic mass is 35.5. The minimum absolute atomic E-state index is 0.331. The number of halogens is 3. The molecule has 1 aliphatic carbocycles. The lowest BCUT2D eigenvalue weighted by atomic mass is 10.1. The Kier molecular flexibility index (Phi) is 4.98. The monoisotopic (exact) mass is 291 g/mol. The van der Waals surface area contributed by atoms with Gasteiger partial charge in [-0.3, -0.25) is 0 Å². The van der Waals surface area contributed by atoms with Crippen LogP contribution in [0.5, 0.6) is 0 Å². The van der Waals surface area contributed by atoms with Gasteiger partial charge < -0.3 is 5.32 Å². The van der Waals surface area contributed by atoms with E-state index in [-0.39, 0.29) is 0 Å². The van der Waals surface area contributed by atoms with Crippen LogP contribution in [0.25, 0.3) is 0 Å². The molecule has 0 bridgehead atoms. The highest BCUT2D eigenvalue weighted by molar-refractivity contribution is 6.33. The second kappa shape index (κ2) is 6.29. The van der Waals surface area contributed by atoms with E-state index in [0.717, 1.165) is 35.1 Å². The van der Waals surface area contributed by atoms with E-state index >= 15 is 0 Å². The van der Waals surface area contributed by atoms with Gasteiger partial charge in [0.2, 0.25) is 0 Å². The van der Waals surface area contributed by atoms with Crippen molar-refractivity contribution in [2.45, 2.75) is 31.2 Å². The van der Waals surface area contributed by atoms with E-state index in [0.29, 0.717) is 11.3 Å². The Balaban J connectivity index is 1.83. The molecule has 2 atom stereocenters. The fourth-order valence-electron chi connectivity index (χ4n) is 2.29. The van der Waals surface area contributed by atoms with Crippen LogP contribution in [-0.4, -0.2) is 11.9 Å². The normalized spacial score (nSPS) is 24.2. The molecule has 2 rings (SSSR count). The summed E-state index contributed by atoms with van der Waals surface area (Å²) in [5, 5.41) is 5.23. The van der Waals surface area contributed by atoms with E-state index in [9.17, 15) is 0 Å². The molecule has 94 valence electrons. The van der Waals surface area contributed by atoms with Gasteiger partial charge in [0, 0.05) is 22.0 Å². The van der Waals surface area contributed by atoms with Gasteiger partial charge in [-0.2, -0.15) is 0 Å². The maximum Gasteiger partial charge on any atom is 0.0451 e. The van der Waals surface area contributed by atoms with Crippen molar-refractivity contribution in [3.8, 4) is 0 Å². The quantitative estimate of drug-likeness (QED) is 0.806. The van der Waals surface area contributed by atoms with Crippen molar-refractivity contribution in [2.75, 3.05) is 6.54 Å². The predicted molar refractivity (Wildman–Crippen MR) is 75.2 cm³/mol. The van der Waals surface area contributed by atoms with Crippen molar-refractivity contribution in [1.29, 1.82) is 0 Å². The Morgan fingerprint density at radius 1 is 1.24 bits per heavy atom. The first kappa shape index (κ1) is 13.5. The van der Waals surface area contributed by atoms with E-state index in [1.54, 1.807) is 6.07 Å². The molecule has 0 radical (unpaired) electrons. The fourth-order valence-corrected chi connectivity index (χ4v) is 3.04. The van der Waals surface area contributed by atoms with Crippen molar-refractivity contribution in [3.05, 3.63) is 33.8 Å². The largest absolute Gasteiger partial charge is 0.312 e. The van der Waals surface area contributed by atoms with Crippen LogP contribution in [0.4, 0.5) is 0 Å². The third-order valence-electron chi connectivity index (χ3n) is 3.30. The van der Waals surface area contributed by atoms with Gasteiger partial charge in [0.25, 0.3) is 0 Å². The maximum atomic E-state index is 6.23. The third-order valence-corrected chi connectivity index (χ3v) is 4.47. The summed E-state index contributed by atoms with van der Waals surface area (Å²) < 4.78 is 0. The topological polar surface area (TPSA) is 12.0 Å².